The first-order valence-electron chi connectivity index (χ1n) is 7.08. The van der Waals surface area contributed by atoms with Crippen LogP contribution in [0.4, 0.5) is 0 Å². The van der Waals surface area contributed by atoms with Crippen LogP contribution in [0.25, 0.3) is 0 Å². The Balaban J connectivity index is 2.07. The van der Waals surface area contributed by atoms with Gasteiger partial charge < -0.3 is 55.1 Å². The summed E-state index contributed by atoms with van der Waals surface area (Å²) in [6.45, 7) is -1.39. The van der Waals surface area contributed by atoms with E-state index in [9.17, 15) is 30.6 Å². The molecule has 136 valence electrons. The third-order valence-corrected chi connectivity index (χ3v) is 3.95. The van der Waals surface area contributed by atoms with Crippen LogP contribution in [0.15, 0.2) is 0 Å². The normalized spacial score (nSPS) is 49.3. The van der Waals surface area contributed by atoms with Gasteiger partial charge in [-0.05, 0) is 0 Å². The van der Waals surface area contributed by atoms with Crippen LogP contribution in [0.3, 0.4) is 0 Å². The summed E-state index contributed by atoms with van der Waals surface area (Å²) < 4.78 is 15.1. The van der Waals surface area contributed by atoms with Gasteiger partial charge in [-0.1, -0.05) is 0 Å². The third kappa shape index (κ3) is 3.65. The second-order valence-corrected chi connectivity index (χ2v) is 5.53. The summed E-state index contributed by atoms with van der Waals surface area (Å²) in [6.07, 6.45) is -15.3. The van der Waals surface area contributed by atoms with Gasteiger partial charge in [-0.2, -0.15) is 0 Å². The number of hydrogen-bond donors (Lipinski definition) is 8. The zero-order valence-electron chi connectivity index (χ0n) is 12.0. The van der Waals surface area contributed by atoms with Crippen molar-refractivity contribution in [1.82, 2.24) is 0 Å². The van der Waals surface area contributed by atoms with E-state index in [4.69, 9.17) is 24.4 Å². The van der Waals surface area contributed by atoms with Gasteiger partial charge in [0.2, 0.25) is 0 Å². The number of aliphatic hydroxyl groups excluding tert-OH is 8. The van der Waals surface area contributed by atoms with Crippen molar-refractivity contribution in [2.45, 2.75) is 61.4 Å². The lowest BCUT2D eigenvalue weighted by atomic mass is 9.99. The van der Waals surface area contributed by atoms with Gasteiger partial charge in [-0.15, -0.1) is 0 Å². The summed E-state index contributed by atoms with van der Waals surface area (Å²) in [6, 6.07) is 0. The summed E-state index contributed by atoms with van der Waals surface area (Å²) in [7, 11) is 0. The fraction of sp³-hybridized carbons (Fsp3) is 1.00. The maximum atomic E-state index is 9.98. The maximum Gasteiger partial charge on any atom is 0.187 e. The molecule has 23 heavy (non-hydrogen) atoms. The predicted molar refractivity (Wildman–Crippen MR) is 68.6 cm³/mol. The molecule has 0 bridgehead atoms. The van der Waals surface area contributed by atoms with E-state index in [0.717, 1.165) is 0 Å². The molecule has 0 aliphatic carbocycles. The van der Waals surface area contributed by atoms with E-state index in [0.29, 0.717) is 0 Å². The van der Waals surface area contributed by atoms with E-state index in [2.05, 4.69) is 0 Å². The summed E-state index contributed by atoms with van der Waals surface area (Å²) in [4.78, 5) is 0. The molecule has 0 aromatic carbocycles. The van der Waals surface area contributed by atoms with Crippen molar-refractivity contribution >= 4 is 0 Å². The molecule has 0 unspecified atom stereocenters. The average Bonchev–Trinajstić information content (AvgIpc) is 2.82. The molecular formula is C12H22O11. The zero-order chi connectivity index (χ0) is 17.3. The summed E-state index contributed by atoms with van der Waals surface area (Å²) in [5.41, 5.74) is 0. The first-order chi connectivity index (χ1) is 10.8. The van der Waals surface area contributed by atoms with Gasteiger partial charge in [0.25, 0.3) is 0 Å². The highest BCUT2D eigenvalue weighted by Crippen LogP contribution is 2.29. The molecule has 0 spiro atoms. The highest BCUT2D eigenvalue weighted by molar-refractivity contribution is 4.94. The lowest BCUT2D eigenvalue weighted by molar-refractivity contribution is -0.322. The average molecular weight is 342 g/mol. The van der Waals surface area contributed by atoms with Gasteiger partial charge in [-0.3, -0.25) is 0 Å². The van der Waals surface area contributed by atoms with Crippen LogP contribution in [-0.2, 0) is 14.2 Å². The molecule has 11 nitrogen and oxygen atoms in total. The Bertz CT molecular complexity index is 382. The molecule has 0 aromatic rings. The predicted octanol–water partition coefficient (Wildman–Crippen LogP) is -5.40. The molecule has 0 saturated carbocycles. The van der Waals surface area contributed by atoms with Crippen LogP contribution in [0.1, 0.15) is 0 Å². The Hall–Kier alpha value is -0.440. The highest BCUT2D eigenvalue weighted by atomic mass is 16.7. The molecular weight excluding hydrogens is 320 g/mol. The van der Waals surface area contributed by atoms with E-state index >= 15 is 0 Å². The van der Waals surface area contributed by atoms with Gasteiger partial charge in [0.15, 0.2) is 12.6 Å². The minimum atomic E-state index is -1.75. The second kappa shape index (κ2) is 7.63. The van der Waals surface area contributed by atoms with Crippen molar-refractivity contribution in [3.05, 3.63) is 0 Å². The van der Waals surface area contributed by atoms with Crippen molar-refractivity contribution in [2.24, 2.45) is 0 Å². The van der Waals surface area contributed by atoms with Crippen LogP contribution >= 0.6 is 0 Å². The SMILES string of the molecule is OC[C@@H](O)[C@@H]1O[C@H](O[C@@H]2[C@@H](O)[C@H](O)O[C@H](CO)[C@@H]2O)[C@H](O)[C@H]1O. The quantitative estimate of drug-likeness (QED) is 0.238. The van der Waals surface area contributed by atoms with Crippen molar-refractivity contribution in [1.29, 1.82) is 0 Å². The molecule has 2 rings (SSSR count). The Morgan fingerprint density at radius 1 is 0.870 bits per heavy atom. The van der Waals surface area contributed by atoms with Crippen LogP contribution in [-0.4, -0.2) is 115 Å². The van der Waals surface area contributed by atoms with Gasteiger partial charge in [-0.25, -0.2) is 0 Å². The Morgan fingerprint density at radius 2 is 1.52 bits per heavy atom. The van der Waals surface area contributed by atoms with Crippen molar-refractivity contribution in [3.63, 3.8) is 0 Å². The molecule has 8 N–H and O–H groups in total. The van der Waals surface area contributed by atoms with Crippen LogP contribution in [0.5, 0.6) is 0 Å². The third-order valence-electron chi connectivity index (χ3n) is 3.95. The standard InChI is InChI=1S/C12H22O11/c13-1-3(15)9-6(17)7(18)12(22-9)23-10-5(16)4(2-14)21-11(20)8(10)19/h3-20H,1-2H2/t3-,4-,5+,6-,7-,8-,9+,10+,11-,12-/m1/s1. The lowest BCUT2D eigenvalue weighted by Crippen LogP contribution is -2.60. The molecule has 11 heteroatoms. The first kappa shape index (κ1) is 18.9. The fourth-order valence-electron chi connectivity index (χ4n) is 2.59. The van der Waals surface area contributed by atoms with Crippen molar-refractivity contribution in [2.75, 3.05) is 13.2 Å². The molecule has 0 amide bonds. The van der Waals surface area contributed by atoms with Crippen LogP contribution in [0, 0.1) is 0 Å². The van der Waals surface area contributed by atoms with E-state index < -0.39 is 74.6 Å². The second-order valence-electron chi connectivity index (χ2n) is 5.53. The number of ether oxygens (including phenoxy) is 3. The minimum absolute atomic E-state index is 0.659. The molecule has 10 atom stereocenters. The Morgan fingerprint density at radius 3 is 2.09 bits per heavy atom. The van der Waals surface area contributed by atoms with Gasteiger partial charge in [0, 0.05) is 0 Å². The van der Waals surface area contributed by atoms with Crippen LogP contribution in [0.2, 0.25) is 0 Å². The summed E-state index contributed by atoms with van der Waals surface area (Å²) in [5.74, 6) is 0. The Kier molecular flexibility index (Phi) is 6.27. The molecule has 2 aliphatic heterocycles. The summed E-state index contributed by atoms with van der Waals surface area (Å²) in [5, 5.41) is 76.4. The van der Waals surface area contributed by atoms with Gasteiger partial charge in [0.1, 0.15) is 48.8 Å². The zero-order valence-corrected chi connectivity index (χ0v) is 12.0. The number of aliphatic hydroxyl groups is 8. The summed E-state index contributed by atoms with van der Waals surface area (Å²) >= 11 is 0. The smallest absolute Gasteiger partial charge is 0.187 e. The monoisotopic (exact) mass is 342 g/mol. The van der Waals surface area contributed by atoms with E-state index in [1.807, 2.05) is 0 Å². The van der Waals surface area contributed by atoms with Crippen molar-refractivity contribution < 1.29 is 55.1 Å². The van der Waals surface area contributed by atoms with Gasteiger partial charge in [0.05, 0.1) is 13.2 Å². The van der Waals surface area contributed by atoms with Crippen molar-refractivity contribution in [3.8, 4) is 0 Å². The Labute approximate surface area is 130 Å². The number of hydrogen-bond acceptors (Lipinski definition) is 11. The van der Waals surface area contributed by atoms with E-state index in [-0.39, 0.29) is 0 Å². The van der Waals surface area contributed by atoms with E-state index in [1.54, 1.807) is 0 Å². The molecule has 2 fully saturated rings. The maximum absolute atomic E-state index is 9.98. The minimum Gasteiger partial charge on any atom is -0.394 e. The molecule has 0 aromatic heterocycles. The largest absolute Gasteiger partial charge is 0.394 e. The molecule has 2 saturated heterocycles. The van der Waals surface area contributed by atoms with Crippen LogP contribution < -0.4 is 0 Å². The molecule has 0 radical (unpaired) electrons. The van der Waals surface area contributed by atoms with E-state index in [1.165, 1.54) is 0 Å². The number of rotatable bonds is 5. The molecule has 2 aliphatic rings. The highest BCUT2D eigenvalue weighted by Gasteiger charge is 2.51. The lowest BCUT2D eigenvalue weighted by Gasteiger charge is -2.41. The molecule has 2 heterocycles. The topological polar surface area (TPSA) is 190 Å². The first-order valence-corrected chi connectivity index (χ1v) is 7.08. The van der Waals surface area contributed by atoms with Gasteiger partial charge >= 0.3 is 0 Å². The fourth-order valence-corrected chi connectivity index (χ4v) is 2.59.